The van der Waals surface area contributed by atoms with Crippen molar-refractivity contribution >= 4 is 29.3 Å². The van der Waals surface area contributed by atoms with Gasteiger partial charge in [0.1, 0.15) is 0 Å². The normalized spacial score (nSPS) is 24.9. The zero-order valence-corrected chi connectivity index (χ0v) is 15.3. The van der Waals surface area contributed by atoms with Gasteiger partial charge in [-0.15, -0.1) is 11.8 Å². The average Bonchev–Trinajstić information content (AvgIpc) is 3.04. The summed E-state index contributed by atoms with van der Waals surface area (Å²) in [6.07, 6.45) is 0. The van der Waals surface area contributed by atoms with Gasteiger partial charge in [-0.3, -0.25) is 9.59 Å². The summed E-state index contributed by atoms with van der Waals surface area (Å²) in [4.78, 5) is 27.6. The molecule has 0 bridgehead atoms. The lowest BCUT2D eigenvalue weighted by Gasteiger charge is -2.23. The zero-order valence-electron chi connectivity index (χ0n) is 14.5. The van der Waals surface area contributed by atoms with Gasteiger partial charge in [-0.2, -0.15) is 0 Å². The van der Waals surface area contributed by atoms with Gasteiger partial charge in [0.25, 0.3) is 5.91 Å². The number of carbonyl (C=O) groups is 2. The van der Waals surface area contributed by atoms with Gasteiger partial charge in [0, 0.05) is 35.5 Å². The molecule has 5 nitrogen and oxygen atoms in total. The van der Waals surface area contributed by atoms with Crippen LogP contribution in [0.3, 0.4) is 0 Å². The number of likely N-dealkylation sites (tertiary alicyclic amines) is 1. The van der Waals surface area contributed by atoms with Gasteiger partial charge in [-0.25, -0.2) is 0 Å². The molecule has 0 aromatic heterocycles. The van der Waals surface area contributed by atoms with Crippen molar-refractivity contribution in [3.05, 3.63) is 59.7 Å². The average molecular weight is 367 g/mol. The number of benzene rings is 2. The minimum absolute atomic E-state index is 0.0283. The second kappa shape index (κ2) is 6.78. The summed E-state index contributed by atoms with van der Waals surface area (Å²) < 4.78 is 0. The number of carbonyl (C=O) groups excluding carboxylic acids is 2. The molecular formula is C20H21N3O2S. The lowest BCUT2D eigenvalue weighted by Crippen LogP contribution is -2.32. The van der Waals surface area contributed by atoms with Gasteiger partial charge in [-0.1, -0.05) is 30.3 Å². The minimum atomic E-state index is -0.118. The summed E-state index contributed by atoms with van der Waals surface area (Å²) in [6, 6.07) is 15.5. The Morgan fingerprint density at radius 1 is 1.19 bits per heavy atom. The number of amides is 2. The van der Waals surface area contributed by atoms with Gasteiger partial charge < -0.3 is 16.0 Å². The first-order valence-electron chi connectivity index (χ1n) is 8.74. The third kappa shape index (κ3) is 3.10. The Balaban J connectivity index is 1.54. The van der Waals surface area contributed by atoms with E-state index in [4.69, 9.17) is 5.73 Å². The summed E-state index contributed by atoms with van der Waals surface area (Å²) in [7, 11) is 0. The maximum absolute atomic E-state index is 13.0. The summed E-state index contributed by atoms with van der Waals surface area (Å²) in [5.41, 5.74) is 8.77. The fourth-order valence-corrected chi connectivity index (χ4v) is 4.50. The molecule has 0 aliphatic carbocycles. The number of nitrogens with one attached hydrogen (secondary N) is 1. The van der Waals surface area contributed by atoms with Crippen LogP contribution in [0.15, 0.2) is 53.4 Å². The van der Waals surface area contributed by atoms with E-state index in [1.807, 2.05) is 42.2 Å². The first-order chi connectivity index (χ1) is 12.5. The SMILES string of the molecule is CC1Sc2ccc(C(=O)N3C[C@@H](N)[C@H](c4ccccc4)C3)cc2NC1=O. The first-order valence-corrected chi connectivity index (χ1v) is 9.62. The van der Waals surface area contributed by atoms with E-state index in [1.54, 1.807) is 6.07 Å². The number of anilines is 1. The molecule has 0 spiro atoms. The molecule has 1 fully saturated rings. The van der Waals surface area contributed by atoms with Crippen molar-refractivity contribution in [3.63, 3.8) is 0 Å². The summed E-state index contributed by atoms with van der Waals surface area (Å²) in [5.74, 6) is 0.0767. The molecule has 4 rings (SSSR count). The third-order valence-corrected chi connectivity index (χ3v) is 6.21. The van der Waals surface area contributed by atoms with Crippen molar-refractivity contribution in [1.82, 2.24) is 4.90 Å². The number of fused-ring (bicyclic) bond motifs is 1. The highest BCUT2D eigenvalue weighted by molar-refractivity contribution is 8.00. The van der Waals surface area contributed by atoms with Crippen molar-refractivity contribution in [1.29, 1.82) is 0 Å². The van der Waals surface area contributed by atoms with Crippen LogP contribution in [-0.2, 0) is 4.79 Å². The van der Waals surface area contributed by atoms with Gasteiger partial charge in [0.05, 0.1) is 10.9 Å². The number of nitrogens with two attached hydrogens (primary N) is 1. The van der Waals surface area contributed by atoms with E-state index in [2.05, 4.69) is 17.4 Å². The second-order valence-corrected chi connectivity index (χ2v) is 8.23. The van der Waals surface area contributed by atoms with Crippen LogP contribution in [0.1, 0.15) is 28.8 Å². The van der Waals surface area contributed by atoms with Crippen molar-refractivity contribution in [2.24, 2.45) is 5.73 Å². The van der Waals surface area contributed by atoms with Gasteiger partial charge in [0.2, 0.25) is 5.91 Å². The van der Waals surface area contributed by atoms with Crippen LogP contribution < -0.4 is 11.1 Å². The van der Waals surface area contributed by atoms with E-state index in [0.29, 0.717) is 24.3 Å². The Morgan fingerprint density at radius 2 is 1.96 bits per heavy atom. The van der Waals surface area contributed by atoms with Crippen LogP contribution in [0.4, 0.5) is 5.69 Å². The van der Waals surface area contributed by atoms with Crippen LogP contribution in [0.2, 0.25) is 0 Å². The molecule has 26 heavy (non-hydrogen) atoms. The standard InChI is InChI=1S/C20H21N3O2S/c1-12-19(24)22-17-9-14(7-8-18(17)26-12)20(25)23-10-15(16(21)11-23)13-5-3-2-4-6-13/h2-9,12,15-16H,10-11,21H2,1H3,(H,22,24)/t12?,15-,16+/m0/s1. The number of thioether (sulfide) groups is 1. The molecule has 6 heteroatoms. The van der Waals surface area contributed by atoms with Crippen molar-refractivity contribution in [2.45, 2.75) is 29.0 Å². The van der Waals surface area contributed by atoms with Crippen LogP contribution in [-0.4, -0.2) is 41.1 Å². The largest absolute Gasteiger partial charge is 0.336 e. The number of nitrogens with zero attached hydrogens (tertiary/aromatic N) is 1. The monoisotopic (exact) mass is 367 g/mol. The molecule has 1 saturated heterocycles. The van der Waals surface area contributed by atoms with Crippen LogP contribution >= 0.6 is 11.8 Å². The number of rotatable bonds is 2. The van der Waals surface area contributed by atoms with Crippen LogP contribution in [0, 0.1) is 0 Å². The van der Waals surface area contributed by atoms with Crippen LogP contribution in [0.5, 0.6) is 0 Å². The molecule has 3 N–H and O–H groups in total. The Labute approximate surface area is 156 Å². The molecule has 2 aliphatic heterocycles. The molecule has 0 saturated carbocycles. The highest BCUT2D eigenvalue weighted by Gasteiger charge is 2.34. The number of hydrogen-bond donors (Lipinski definition) is 2. The maximum atomic E-state index is 13.0. The van der Waals surface area contributed by atoms with Crippen LogP contribution in [0.25, 0.3) is 0 Å². The molecule has 2 aromatic rings. The minimum Gasteiger partial charge on any atom is -0.336 e. The van der Waals surface area contributed by atoms with Crippen molar-refractivity contribution < 1.29 is 9.59 Å². The van der Waals surface area contributed by atoms with Gasteiger partial charge in [0.15, 0.2) is 0 Å². The Kier molecular flexibility index (Phi) is 4.46. The zero-order chi connectivity index (χ0) is 18.3. The number of hydrogen-bond acceptors (Lipinski definition) is 4. The Hall–Kier alpha value is -2.31. The van der Waals surface area contributed by atoms with E-state index in [-0.39, 0.29) is 29.0 Å². The molecule has 2 heterocycles. The summed E-state index contributed by atoms with van der Waals surface area (Å²) >= 11 is 1.51. The van der Waals surface area contributed by atoms with Crippen molar-refractivity contribution in [2.75, 3.05) is 18.4 Å². The molecule has 2 aromatic carbocycles. The van der Waals surface area contributed by atoms with E-state index in [1.165, 1.54) is 17.3 Å². The van der Waals surface area contributed by atoms with Gasteiger partial charge in [-0.05, 0) is 30.7 Å². The smallest absolute Gasteiger partial charge is 0.254 e. The first kappa shape index (κ1) is 17.1. The molecule has 2 aliphatic rings. The fourth-order valence-electron chi connectivity index (χ4n) is 3.57. The predicted molar refractivity (Wildman–Crippen MR) is 103 cm³/mol. The molecular weight excluding hydrogens is 346 g/mol. The Bertz CT molecular complexity index is 855. The van der Waals surface area contributed by atoms with E-state index < -0.39 is 0 Å². The second-order valence-electron chi connectivity index (χ2n) is 6.85. The molecule has 0 radical (unpaired) electrons. The van der Waals surface area contributed by atoms with E-state index in [9.17, 15) is 9.59 Å². The highest BCUT2D eigenvalue weighted by Crippen LogP contribution is 2.36. The summed E-state index contributed by atoms with van der Waals surface area (Å²) in [5, 5.41) is 2.77. The quantitative estimate of drug-likeness (QED) is 0.856. The van der Waals surface area contributed by atoms with Gasteiger partial charge >= 0.3 is 0 Å². The lowest BCUT2D eigenvalue weighted by molar-refractivity contribution is -0.115. The third-order valence-electron chi connectivity index (χ3n) is 5.04. The van der Waals surface area contributed by atoms with E-state index >= 15 is 0 Å². The Morgan fingerprint density at radius 3 is 2.73 bits per heavy atom. The highest BCUT2D eigenvalue weighted by atomic mass is 32.2. The van der Waals surface area contributed by atoms with Crippen molar-refractivity contribution in [3.8, 4) is 0 Å². The predicted octanol–water partition coefficient (Wildman–Crippen LogP) is 2.69. The topological polar surface area (TPSA) is 75.4 Å². The summed E-state index contributed by atoms with van der Waals surface area (Å²) in [6.45, 7) is 3.02. The fraction of sp³-hybridized carbons (Fsp3) is 0.300. The molecule has 2 amide bonds. The molecule has 1 unspecified atom stereocenters. The maximum Gasteiger partial charge on any atom is 0.254 e. The molecule has 3 atom stereocenters. The lowest BCUT2D eigenvalue weighted by atomic mass is 9.95. The molecule has 134 valence electrons. The van der Waals surface area contributed by atoms with E-state index in [0.717, 1.165) is 4.90 Å².